The fourth-order valence-corrected chi connectivity index (χ4v) is 5.85. The van der Waals surface area contributed by atoms with Crippen molar-refractivity contribution in [3.63, 3.8) is 0 Å². The summed E-state index contributed by atoms with van der Waals surface area (Å²) < 4.78 is 0.991. The zero-order valence-electron chi connectivity index (χ0n) is 19.2. The first-order valence-electron chi connectivity index (χ1n) is 11.7. The molecule has 2 aliphatic carbocycles. The van der Waals surface area contributed by atoms with Crippen LogP contribution in [-0.4, -0.2) is 24.5 Å². The van der Waals surface area contributed by atoms with E-state index in [9.17, 15) is 10.2 Å². The molecule has 2 fully saturated rings. The predicted octanol–water partition coefficient (Wildman–Crippen LogP) is 7.85. The van der Waals surface area contributed by atoms with Crippen molar-refractivity contribution in [2.75, 3.05) is 0 Å². The van der Waals surface area contributed by atoms with Crippen molar-refractivity contribution in [1.29, 1.82) is 0 Å². The van der Waals surface area contributed by atoms with Gasteiger partial charge >= 0.3 is 17.1 Å². The summed E-state index contributed by atoms with van der Waals surface area (Å²) in [7, 11) is 0. The van der Waals surface area contributed by atoms with Gasteiger partial charge in [0.15, 0.2) is 0 Å². The normalized spacial score (nSPS) is 17.3. The molecule has 35 heavy (non-hydrogen) atoms. The van der Waals surface area contributed by atoms with Gasteiger partial charge in [-0.05, 0) is 61.1 Å². The second-order valence-corrected chi connectivity index (χ2v) is 11.3. The number of benzene rings is 2. The molecule has 0 aliphatic heterocycles. The number of rotatable bonds is 4. The molecule has 2 saturated carbocycles. The van der Waals surface area contributed by atoms with Crippen LogP contribution in [0.2, 0.25) is 10.0 Å². The molecule has 0 bridgehead atoms. The minimum Gasteiger partial charge on any atom is -0.871 e. The van der Waals surface area contributed by atoms with Gasteiger partial charge < -0.3 is 10.2 Å². The maximum absolute atomic E-state index is 11.8. The van der Waals surface area contributed by atoms with E-state index < -0.39 is 0 Å². The molecular formula is C26H28Br2Cl2CuN2O2. The molecule has 1 radical (unpaired) electrons. The molecule has 0 N–H and O–H groups in total. The number of hydrogen-bond acceptors (Lipinski definition) is 4. The summed E-state index contributed by atoms with van der Waals surface area (Å²) in [6.45, 7) is 0. The summed E-state index contributed by atoms with van der Waals surface area (Å²) in [4.78, 5) is 8.98. The van der Waals surface area contributed by atoms with Crippen molar-refractivity contribution in [2.45, 2.75) is 76.3 Å². The third-order valence-electron chi connectivity index (χ3n) is 6.07. The SMILES string of the molecule is [Cu+2].[O-]c1c(Br)cc(Cl)cc1C=NC1CCCCC1.[O-]c1c(Br)cc(Cl)cc1C=NC1CCCCC1. The first-order chi connectivity index (χ1) is 16.3. The van der Waals surface area contributed by atoms with Gasteiger partial charge in [-0.25, -0.2) is 0 Å². The van der Waals surface area contributed by atoms with Crippen molar-refractivity contribution in [3.8, 4) is 11.5 Å². The van der Waals surface area contributed by atoms with Gasteiger partial charge in [-0.15, -0.1) is 0 Å². The third-order valence-corrected chi connectivity index (χ3v) is 7.69. The van der Waals surface area contributed by atoms with Gasteiger partial charge in [-0.2, -0.15) is 0 Å². The van der Waals surface area contributed by atoms with Crippen molar-refractivity contribution in [3.05, 3.63) is 54.4 Å². The average molecular weight is 695 g/mol. The van der Waals surface area contributed by atoms with Gasteiger partial charge in [-0.3, -0.25) is 9.98 Å². The quantitative estimate of drug-likeness (QED) is 0.242. The zero-order chi connectivity index (χ0) is 24.5. The second kappa shape index (κ2) is 15.6. The maximum Gasteiger partial charge on any atom is 2.00 e. The van der Waals surface area contributed by atoms with E-state index >= 15 is 0 Å². The van der Waals surface area contributed by atoms with Crippen LogP contribution in [0.1, 0.15) is 75.3 Å². The van der Waals surface area contributed by atoms with Crippen molar-refractivity contribution in [1.82, 2.24) is 0 Å². The standard InChI is InChI=1S/2C13H15BrClNO.Cu/c2*14-12-7-10(15)6-9(13(12)17)8-16-11-4-2-1-3-5-11;/h2*6-8,11,17H,1-5H2;/q;;+2/p-2. The molecule has 2 aromatic rings. The molecule has 2 aliphatic rings. The van der Waals surface area contributed by atoms with Crippen LogP contribution in [0.4, 0.5) is 0 Å². The smallest absolute Gasteiger partial charge is 0.871 e. The van der Waals surface area contributed by atoms with Crippen molar-refractivity contribution >= 4 is 67.5 Å². The summed E-state index contributed by atoms with van der Waals surface area (Å²) in [5.74, 6) is -0.0945. The summed E-state index contributed by atoms with van der Waals surface area (Å²) in [5.41, 5.74) is 1.13. The van der Waals surface area contributed by atoms with E-state index in [0.717, 1.165) is 25.7 Å². The molecule has 0 amide bonds. The van der Waals surface area contributed by atoms with E-state index in [0.29, 0.717) is 42.2 Å². The Bertz CT molecular complexity index is 943. The molecule has 0 saturated heterocycles. The summed E-state index contributed by atoms with van der Waals surface area (Å²) in [6.07, 6.45) is 15.5. The maximum atomic E-state index is 11.8. The molecule has 4 rings (SSSR count). The fraction of sp³-hybridized carbons (Fsp3) is 0.462. The fourth-order valence-electron chi connectivity index (χ4n) is 4.18. The summed E-state index contributed by atoms with van der Waals surface area (Å²) in [5, 5.41) is 24.7. The van der Waals surface area contributed by atoms with Crippen LogP contribution in [0, 0.1) is 0 Å². The number of nitrogens with zero attached hydrogens (tertiary/aromatic N) is 2. The number of hydrogen-bond donors (Lipinski definition) is 0. The minimum absolute atomic E-state index is 0. The van der Waals surface area contributed by atoms with Crippen LogP contribution in [0.3, 0.4) is 0 Å². The topological polar surface area (TPSA) is 70.8 Å². The van der Waals surface area contributed by atoms with E-state index in [-0.39, 0.29) is 28.6 Å². The van der Waals surface area contributed by atoms with Gasteiger partial charge in [0.25, 0.3) is 0 Å². The first kappa shape index (κ1) is 30.7. The van der Waals surface area contributed by atoms with E-state index in [2.05, 4.69) is 41.8 Å². The second-order valence-electron chi connectivity index (χ2n) is 8.75. The van der Waals surface area contributed by atoms with Gasteiger partial charge in [0, 0.05) is 43.5 Å². The monoisotopic (exact) mass is 691 g/mol. The van der Waals surface area contributed by atoms with Crippen LogP contribution < -0.4 is 10.2 Å². The van der Waals surface area contributed by atoms with Gasteiger partial charge in [-0.1, -0.05) is 105 Å². The molecule has 4 nitrogen and oxygen atoms in total. The molecule has 193 valence electrons. The summed E-state index contributed by atoms with van der Waals surface area (Å²) in [6, 6.07) is 7.31. The Balaban J connectivity index is 0.000000240. The molecule has 0 unspecified atom stereocenters. The molecule has 0 atom stereocenters. The van der Waals surface area contributed by atoms with Crippen LogP contribution in [-0.2, 0) is 17.1 Å². The molecule has 0 spiro atoms. The van der Waals surface area contributed by atoms with Crippen LogP contribution >= 0.6 is 55.1 Å². The van der Waals surface area contributed by atoms with Crippen molar-refractivity contribution in [2.24, 2.45) is 9.98 Å². The Hall–Kier alpha value is -0.561. The Kier molecular flexibility index (Phi) is 13.7. The van der Waals surface area contributed by atoms with Crippen LogP contribution in [0.25, 0.3) is 0 Å². The Morgan fingerprint density at radius 1 is 0.657 bits per heavy atom. The Morgan fingerprint density at radius 2 is 1.00 bits per heavy atom. The molecule has 0 heterocycles. The van der Waals surface area contributed by atoms with Crippen LogP contribution in [0.5, 0.6) is 11.5 Å². The first-order valence-corrected chi connectivity index (χ1v) is 14.1. The largest absolute Gasteiger partial charge is 2.00 e. The zero-order valence-corrected chi connectivity index (χ0v) is 24.8. The van der Waals surface area contributed by atoms with E-state index in [1.54, 1.807) is 36.7 Å². The third kappa shape index (κ3) is 10.0. The van der Waals surface area contributed by atoms with Crippen molar-refractivity contribution < 1.29 is 27.3 Å². The minimum atomic E-state index is -0.0473. The van der Waals surface area contributed by atoms with E-state index in [4.69, 9.17) is 23.2 Å². The van der Waals surface area contributed by atoms with E-state index in [1.807, 2.05) is 0 Å². The average Bonchev–Trinajstić information content (AvgIpc) is 2.83. The number of halogens is 4. The van der Waals surface area contributed by atoms with E-state index in [1.165, 1.54) is 38.5 Å². The molecule has 0 aromatic heterocycles. The van der Waals surface area contributed by atoms with Gasteiger partial charge in [0.1, 0.15) is 0 Å². The molecular weight excluding hydrogens is 667 g/mol. The molecule has 2 aromatic carbocycles. The predicted molar refractivity (Wildman–Crippen MR) is 146 cm³/mol. The summed E-state index contributed by atoms with van der Waals surface area (Å²) >= 11 is 18.2. The molecule has 9 heteroatoms. The van der Waals surface area contributed by atoms with Gasteiger partial charge in [0.05, 0.1) is 0 Å². The van der Waals surface area contributed by atoms with Crippen LogP contribution in [0.15, 0.2) is 43.2 Å². The Labute approximate surface area is 245 Å². The van der Waals surface area contributed by atoms with Gasteiger partial charge in [0.2, 0.25) is 0 Å². The Morgan fingerprint density at radius 3 is 1.34 bits per heavy atom. The number of aliphatic imine (C=N–C) groups is 2.